The van der Waals surface area contributed by atoms with Crippen LogP contribution in [0.3, 0.4) is 0 Å². The highest BCUT2D eigenvalue weighted by Gasteiger charge is 2.17. The standard InChI is InChI=1S/C24H27N5O2/c1-3-31-24-20(5-4-14-25-24)23(30)26-19-8-6-18(7-9-19)21-10-11-22(28-27-21)29-15-12-17(2)13-16-29/h4-11,14,17H,3,12-13,15-16H2,1-2H3,(H,26,30). The van der Waals surface area contributed by atoms with Crippen molar-refractivity contribution < 1.29 is 9.53 Å². The lowest BCUT2D eigenvalue weighted by Gasteiger charge is -2.30. The first-order valence-corrected chi connectivity index (χ1v) is 10.7. The van der Waals surface area contributed by atoms with Crippen molar-refractivity contribution in [3.05, 3.63) is 60.3 Å². The molecule has 1 aromatic carbocycles. The molecule has 3 aromatic rings. The Labute approximate surface area is 182 Å². The fourth-order valence-corrected chi connectivity index (χ4v) is 3.62. The number of carbonyl (C=O) groups excluding carboxylic acids is 1. The quantitative estimate of drug-likeness (QED) is 0.639. The average Bonchev–Trinajstić information content (AvgIpc) is 2.81. The molecule has 7 nitrogen and oxygen atoms in total. The predicted molar refractivity (Wildman–Crippen MR) is 121 cm³/mol. The molecule has 0 spiro atoms. The lowest BCUT2D eigenvalue weighted by atomic mass is 9.99. The number of carbonyl (C=O) groups is 1. The molecule has 0 atom stereocenters. The third-order valence-corrected chi connectivity index (χ3v) is 5.49. The summed E-state index contributed by atoms with van der Waals surface area (Å²) in [5.41, 5.74) is 2.84. The molecule has 1 aliphatic rings. The van der Waals surface area contributed by atoms with Gasteiger partial charge in [0, 0.05) is 30.5 Å². The molecule has 2 aromatic heterocycles. The smallest absolute Gasteiger partial charge is 0.261 e. The Kier molecular flexibility index (Phi) is 6.40. The van der Waals surface area contributed by atoms with Crippen LogP contribution in [-0.2, 0) is 0 Å². The minimum absolute atomic E-state index is 0.260. The molecule has 0 bridgehead atoms. The first-order valence-electron chi connectivity index (χ1n) is 10.7. The predicted octanol–water partition coefficient (Wildman–Crippen LogP) is 4.43. The maximum absolute atomic E-state index is 12.6. The van der Waals surface area contributed by atoms with Crippen molar-refractivity contribution in [3.8, 4) is 17.1 Å². The minimum Gasteiger partial charge on any atom is -0.477 e. The third kappa shape index (κ3) is 4.99. The number of rotatable bonds is 6. The van der Waals surface area contributed by atoms with Gasteiger partial charge in [0.05, 0.1) is 12.3 Å². The fraction of sp³-hybridized carbons (Fsp3) is 0.333. The lowest BCUT2D eigenvalue weighted by Crippen LogP contribution is -2.33. The van der Waals surface area contributed by atoms with Gasteiger partial charge in [0.15, 0.2) is 5.82 Å². The molecule has 1 fully saturated rings. The first-order chi connectivity index (χ1) is 15.1. The molecule has 1 aliphatic heterocycles. The van der Waals surface area contributed by atoms with E-state index in [-0.39, 0.29) is 5.91 Å². The van der Waals surface area contributed by atoms with E-state index >= 15 is 0 Å². The van der Waals surface area contributed by atoms with Crippen LogP contribution in [0.2, 0.25) is 0 Å². The molecule has 7 heteroatoms. The Bertz CT molecular complexity index is 1010. The molecule has 0 aliphatic carbocycles. The molecular weight excluding hydrogens is 390 g/mol. The number of ether oxygens (including phenoxy) is 1. The fourth-order valence-electron chi connectivity index (χ4n) is 3.62. The van der Waals surface area contributed by atoms with Crippen molar-refractivity contribution in [1.29, 1.82) is 0 Å². The van der Waals surface area contributed by atoms with Gasteiger partial charge in [0.1, 0.15) is 5.56 Å². The maximum Gasteiger partial charge on any atom is 0.261 e. The number of aromatic nitrogens is 3. The van der Waals surface area contributed by atoms with Crippen molar-refractivity contribution in [2.24, 2.45) is 5.92 Å². The van der Waals surface area contributed by atoms with Crippen LogP contribution in [0.1, 0.15) is 37.0 Å². The van der Waals surface area contributed by atoms with Gasteiger partial charge in [-0.15, -0.1) is 10.2 Å². The van der Waals surface area contributed by atoms with E-state index in [1.54, 1.807) is 18.3 Å². The van der Waals surface area contributed by atoms with E-state index in [1.165, 1.54) is 12.8 Å². The molecule has 1 amide bonds. The van der Waals surface area contributed by atoms with Crippen LogP contribution in [0.5, 0.6) is 5.88 Å². The number of nitrogens with one attached hydrogen (secondary N) is 1. The highest BCUT2D eigenvalue weighted by Crippen LogP contribution is 2.24. The second-order valence-corrected chi connectivity index (χ2v) is 7.77. The molecule has 4 rings (SSSR count). The summed E-state index contributed by atoms with van der Waals surface area (Å²) >= 11 is 0. The summed E-state index contributed by atoms with van der Waals surface area (Å²) < 4.78 is 5.44. The highest BCUT2D eigenvalue weighted by molar-refractivity contribution is 6.05. The van der Waals surface area contributed by atoms with Crippen molar-refractivity contribution in [2.45, 2.75) is 26.7 Å². The summed E-state index contributed by atoms with van der Waals surface area (Å²) in [6, 6.07) is 15.0. The van der Waals surface area contributed by atoms with Gasteiger partial charge in [0.2, 0.25) is 5.88 Å². The van der Waals surface area contributed by atoms with Crippen LogP contribution in [0.4, 0.5) is 11.5 Å². The van der Waals surface area contributed by atoms with E-state index in [0.717, 1.165) is 36.1 Å². The molecular formula is C24H27N5O2. The summed E-state index contributed by atoms with van der Waals surface area (Å²) in [4.78, 5) is 19.0. The van der Waals surface area contributed by atoms with Gasteiger partial charge in [-0.1, -0.05) is 19.1 Å². The van der Waals surface area contributed by atoms with Crippen molar-refractivity contribution in [1.82, 2.24) is 15.2 Å². The van der Waals surface area contributed by atoms with Gasteiger partial charge < -0.3 is 15.0 Å². The number of hydrogen-bond donors (Lipinski definition) is 1. The Morgan fingerprint density at radius 3 is 2.55 bits per heavy atom. The molecule has 3 heterocycles. The summed E-state index contributed by atoms with van der Waals surface area (Å²) in [7, 11) is 0. The number of benzene rings is 1. The van der Waals surface area contributed by atoms with E-state index in [9.17, 15) is 4.79 Å². The Morgan fingerprint density at radius 1 is 1.10 bits per heavy atom. The number of piperidine rings is 1. The van der Waals surface area contributed by atoms with Gasteiger partial charge in [-0.05, 0) is 62.1 Å². The van der Waals surface area contributed by atoms with Gasteiger partial charge in [0.25, 0.3) is 5.91 Å². The van der Waals surface area contributed by atoms with E-state index < -0.39 is 0 Å². The zero-order valence-electron chi connectivity index (χ0n) is 17.9. The lowest BCUT2D eigenvalue weighted by molar-refractivity contribution is 0.102. The second kappa shape index (κ2) is 9.55. The Balaban J connectivity index is 1.42. The molecule has 0 radical (unpaired) electrons. The average molecular weight is 418 g/mol. The van der Waals surface area contributed by atoms with Crippen LogP contribution in [-0.4, -0.2) is 40.8 Å². The minimum atomic E-state index is -0.260. The summed E-state index contributed by atoms with van der Waals surface area (Å²) in [6.45, 7) is 6.67. The van der Waals surface area contributed by atoms with Crippen LogP contribution < -0.4 is 15.0 Å². The van der Waals surface area contributed by atoms with Gasteiger partial charge in [-0.3, -0.25) is 4.79 Å². The van der Waals surface area contributed by atoms with E-state index in [4.69, 9.17) is 4.74 Å². The SMILES string of the molecule is CCOc1ncccc1C(=O)Nc1ccc(-c2ccc(N3CCC(C)CC3)nn2)cc1. The van der Waals surface area contributed by atoms with Gasteiger partial charge in [-0.25, -0.2) is 4.98 Å². The van der Waals surface area contributed by atoms with Crippen molar-refractivity contribution in [3.63, 3.8) is 0 Å². The van der Waals surface area contributed by atoms with Crippen molar-refractivity contribution >= 4 is 17.4 Å². The maximum atomic E-state index is 12.6. The third-order valence-electron chi connectivity index (χ3n) is 5.49. The van der Waals surface area contributed by atoms with E-state index in [0.29, 0.717) is 23.7 Å². The number of anilines is 2. The molecule has 31 heavy (non-hydrogen) atoms. The Hall–Kier alpha value is -3.48. The van der Waals surface area contributed by atoms with Crippen LogP contribution in [0.25, 0.3) is 11.3 Å². The highest BCUT2D eigenvalue weighted by atomic mass is 16.5. The van der Waals surface area contributed by atoms with Gasteiger partial charge in [-0.2, -0.15) is 0 Å². The zero-order chi connectivity index (χ0) is 21.6. The largest absolute Gasteiger partial charge is 0.477 e. The van der Waals surface area contributed by atoms with Crippen LogP contribution in [0.15, 0.2) is 54.7 Å². The number of pyridine rings is 1. The van der Waals surface area contributed by atoms with Crippen LogP contribution >= 0.6 is 0 Å². The Morgan fingerprint density at radius 2 is 1.87 bits per heavy atom. The molecule has 1 saturated heterocycles. The number of amides is 1. The second-order valence-electron chi connectivity index (χ2n) is 7.77. The molecule has 1 N–H and O–H groups in total. The molecule has 160 valence electrons. The molecule has 0 saturated carbocycles. The summed E-state index contributed by atoms with van der Waals surface area (Å²) in [5.74, 6) is 1.79. The topological polar surface area (TPSA) is 80.2 Å². The van der Waals surface area contributed by atoms with Crippen molar-refractivity contribution in [2.75, 3.05) is 29.9 Å². The first kappa shape index (κ1) is 20.8. The normalized spacial score (nSPS) is 14.3. The number of nitrogens with zero attached hydrogens (tertiary/aromatic N) is 4. The molecule has 0 unspecified atom stereocenters. The van der Waals surface area contributed by atoms with Crippen LogP contribution in [0, 0.1) is 5.92 Å². The monoisotopic (exact) mass is 417 g/mol. The summed E-state index contributed by atoms with van der Waals surface area (Å²) in [5, 5.41) is 11.7. The zero-order valence-corrected chi connectivity index (χ0v) is 17.9. The summed E-state index contributed by atoms with van der Waals surface area (Å²) in [6.07, 6.45) is 4.00. The van der Waals surface area contributed by atoms with Gasteiger partial charge >= 0.3 is 0 Å². The van der Waals surface area contributed by atoms with E-state index in [2.05, 4.69) is 32.3 Å². The van der Waals surface area contributed by atoms with E-state index in [1.807, 2.05) is 43.3 Å². The number of hydrogen-bond acceptors (Lipinski definition) is 6.